The molecule has 2 N–H and O–H groups in total. The topological polar surface area (TPSA) is 92.7 Å². The van der Waals surface area contributed by atoms with Crippen LogP contribution in [0.15, 0.2) is 6.07 Å². The standard InChI is InChI=1S/C29H49NO5S/c1-11-12-13-24(26(32)35-21-17-28(7,8)30-29(9,10)18-21)36(33,34)15-14-22-19(2)16-23(27(4,5)6)25(31)20(22)3/h16,21,24,30-31H,11-15,17-18H2,1-10H3. The number of nitrogens with one attached hydrogen (secondary N) is 1. The molecule has 0 radical (unpaired) electrons. The van der Waals surface area contributed by atoms with Crippen LogP contribution >= 0.6 is 0 Å². The number of carbonyl (C=O) groups is 1. The lowest BCUT2D eigenvalue weighted by atomic mass is 9.81. The summed E-state index contributed by atoms with van der Waals surface area (Å²) in [6.07, 6.45) is 2.91. The summed E-state index contributed by atoms with van der Waals surface area (Å²) in [7, 11) is -3.76. The highest BCUT2D eigenvalue weighted by Crippen LogP contribution is 2.37. The number of aromatic hydroxyl groups is 1. The fourth-order valence-corrected chi connectivity index (χ4v) is 7.39. The highest BCUT2D eigenvalue weighted by atomic mass is 32.2. The van der Waals surface area contributed by atoms with Gasteiger partial charge in [-0.25, -0.2) is 8.42 Å². The summed E-state index contributed by atoms with van der Waals surface area (Å²) in [6.45, 7) is 20.2. The maximum atomic E-state index is 13.5. The molecule has 1 atom stereocenters. The molecule has 1 aliphatic rings. The molecule has 0 spiro atoms. The molecular formula is C29H49NO5S. The van der Waals surface area contributed by atoms with Crippen LogP contribution in [0.5, 0.6) is 5.75 Å². The SMILES string of the molecule is CCCCC(C(=O)OC1CC(C)(C)NC(C)(C)C1)S(=O)(=O)CCc1c(C)cc(C(C)(C)C)c(O)c1C. The smallest absolute Gasteiger partial charge is 0.324 e. The van der Waals surface area contributed by atoms with Crippen LogP contribution < -0.4 is 5.32 Å². The van der Waals surface area contributed by atoms with Crippen molar-refractivity contribution < 1.29 is 23.1 Å². The Morgan fingerprint density at radius 2 is 1.72 bits per heavy atom. The number of hydrogen-bond donors (Lipinski definition) is 2. The first-order valence-corrected chi connectivity index (χ1v) is 15.0. The minimum atomic E-state index is -3.76. The molecule has 206 valence electrons. The number of aryl methyl sites for hydroxylation is 1. The fraction of sp³-hybridized carbons (Fsp3) is 0.759. The van der Waals surface area contributed by atoms with Crippen molar-refractivity contribution >= 4 is 15.8 Å². The van der Waals surface area contributed by atoms with Gasteiger partial charge in [0.15, 0.2) is 15.1 Å². The Kier molecular flexibility index (Phi) is 9.38. The van der Waals surface area contributed by atoms with E-state index in [0.717, 1.165) is 23.1 Å². The molecule has 1 aliphatic heterocycles. The third-order valence-corrected chi connectivity index (χ3v) is 9.36. The van der Waals surface area contributed by atoms with E-state index in [2.05, 4.69) is 33.0 Å². The van der Waals surface area contributed by atoms with Crippen molar-refractivity contribution in [3.63, 3.8) is 0 Å². The summed E-state index contributed by atoms with van der Waals surface area (Å²) in [5, 5.41) is 13.2. The minimum absolute atomic E-state index is 0.157. The van der Waals surface area contributed by atoms with E-state index in [1.807, 2.05) is 47.6 Å². The van der Waals surface area contributed by atoms with Crippen LogP contribution in [0.2, 0.25) is 0 Å². The molecular weight excluding hydrogens is 474 g/mol. The zero-order chi connectivity index (χ0) is 27.7. The molecule has 2 rings (SSSR count). The van der Waals surface area contributed by atoms with Gasteiger partial charge in [0.1, 0.15) is 11.9 Å². The zero-order valence-corrected chi connectivity index (χ0v) is 25.0. The Labute approximate surface area is 219 Å². The highest BCUT2D eigenvalue weighted by molar-refractivity contribution is 7.92. The van der Waals surface area contributed by atoms with Crippen LogP contribution in [-0.4, -0.2) is 47.7 Å². The van der Waals surface area contributed by atoms with E-state index >= 15 is 0 Å². The van der Waals surface area contributed by atoms with E-state index in [1.54, 1.807) is 0 Å². The number of benzene rings is 1. The maximum Gasteiger partial charge on any atom is 0.324 e. The molecule has 1 fully saturated rings. The highest BCUT2D eigenvalue weighted by Gasteiger charge is 2.41. The van der Waals surface area contributed by atoms with E-state index in [-0.39, 0.29) is 46.9 Å². The number of piperidine rings is 1. The lowest BCUT2D eigenvalue weighted by molar-refractivity contribution is -0.152. The first-order chi connectivity index (χ1) is 16.3. The Hall–Kier alpha value is -1.60. The molecule has 0 amide bonds. The van der Waals surface area contributed by atoms with E-state index in [0.29, 0.717) is 24.8 Å². The summed E-state index contributed by atoms with van der Waals surface area (Å²) in [5.74, 6) is -0.560. The van der Waals surface area contributed by atoms with Gasteiger partial charge in [-0.3, -0.25) is 4.79 Å². The number of hydrogen-bond acceptors (Lipinski definition) is 6. The summed E-state index contributed by atoms with van der Waals surface area (Å²) in [5.41, 5.74) is 2.70. The lowest BCUT2D eigenvalue weighted by Crippen LogP contribution is -2.60. The van der Waals surface area contributed by atoms with Gasteiger partial charge in [-0.15, -0.1) is 0 Å². The number of esters is 1. The van der Waals surface area contributed by atoms with Gasteiger partial charge in [-0.05, 0) is 82.1 Å². The quantitative estimate of drug-likeness (QED) is 0.405. The predicted molar refractivity (Wildman–Crippen MR) is 147 cm³/mol. The first-order valence-electron chi connectivity index (χ1n) is 13.3. The van der Waals surface area contributed by atoms with Crippen molar-refractivity contribution in [3.8, 4) is 5.75 Å². The van der Waals surface area contributed by atoms with E-state index in [1.165, 1.54) is 0 Å². The van der Waals surface area contributed by atoms with E-state index < -0.39 is 21.1 Å². The van der Waals surface area contributed by atoms with Crippen molar-refractivity contribution in [3.05, 3.63) is 28.3 Å². The van der Waals surface area contributed by atoms with Gasteiger partial charge in [0.25, 0.3) is 0 Å². The van der Waals surface area contributed by atoms with Crippen LogP contribution in [0.25, 0.3) is 0 Å². The monoisotopic (exact) mass is 523 g/mol. The largest absolute Gasteiger partial charge is 0.507 e. The molecule has 0 aromatic heterocycles. The summed E-state index contributed by atoms with van der Waals surface area (Å²) < 4.78 is 32.9. The lowest BCUT2D eigenvalue weighted by Gasteiger charge is -2.46. The van der Waals surface area contributed by atoms with E-state index in [4.69, 9.17) is 4.74 Å². The van der Waals surface area contributed by atoms with Crippen LogP contribution in [-0.2, 0) is 31.2 Å². The van der Waals surface area contributed by atoms with Crippen molar-refractivity contribution in [2.75, 3.05) is 5.75 Å². The van der Waals surface area contributed by atoms with Crippen molar-refractivity contribution in [1.29, 1.82) is 0 Å². The Bertz CT molecular complexity index is 1030. The van der Waals surface area contributed by atoms with Gasteiger partial charge in [-0.1, -0.05) is 46.6 Å². The fourth-order valence-electron chi connectivity index (χ4n) is 5.74. The van der Waals surface area contributed by atoms with Gasteiger partial charge in [-0.2, -0.15) is 0 Å². The molecule has 0 bridgehead atoms. The maximum absolute atomic E-state index is 13.5. The average molecular weight is 524 g/mol. The van der Waals surface area contributed by atoms with Crippen molar-refractivity contribution in [2.45, 2.75) is 136 Å². The second kappa shape index (κ2) is 11.0. The predicted octanol–water partition coefficient (Wildman–Crippen LogP) is 5.68. The summed E-state index contributed by atoms with van der Waals surface area (Å²) in [6, 6.07) is 1.95. The number of sulfone groups is 1. The van der Waals surface area contributed by atoms with Crippen LogP contribution in [0, 0.1) is 13.8 Å². The zero-order valence-electron chi connectivity index (χ0n) is 24.2. The van der Waals surface area contributed by atoms with Crippen LogP contribution in [0.1, 0.15) is 110 Å². The molecule has 0 saturated carbocycles. The van der Waals surface area contributed by atoms with Gasteiger partial charge in [0.2, 0.25) is 0 Å². The molecule has 36 heavy (non-hydrogen) atoms. The molecule has 6 nitrogen and oxygen atoms in total. The first kappa shape index (κ1) is 30.6. The van der Waals surface area contributed by atoms with Crippen LogP contribution in [0.4, 0.5) is 0 Å². The van der Waals surface area contributed by atoms with Gasteiger partial charge in [0, 0.05) is 23.9 Å². The Balaban J connectivity index is 2.25. The van der Waals surface area contributed by atoms with Crippen molar-refractivity contribution in [2.24, 2.45) is 0 Å². The number of phenols is 1. The number of carbonyl (C=O) groups excluding carboxylic acids is 1. The average Bonchev–Trinajstić information content (AvgIpc) is 2.67. The second-order valence-electron chi connectivity index (χ2n) is 13.1. The van der Waals surface area contributed by atoms with Gasteiger partial charge >= 0.3 is 5.97 Å². The Morgan fingerprint density at radius 3 is 2.22 bits per heavy atom. The molecule has 1 heterocycles. The number of rotatable bonds is 9. The van der Waals surface area contributed by atoms with Crippen LogP contribution in [0.3, 0.4) is 0 Å². The summed E-state index contributed by atoms with van der Waals surface area (Å²) in [4.78, 5) is 13.3. The summed E-state index contributed by atoms with van der Waals surface area (Å²) >= 11 is 0. The number of unbranched alkanes of at least 4 members (excludes halogenated alkanes) is 1. The number of ether oxygens (including phenoxy) is 1. The third-order valence-electron chi connectivity index (χ3n) is 7.30. The molecule has 1 aromatic rings. The second-order valence-corrected chi connectivity index (χ2v) is 15.4. The molecule has 1 saturated heterocycles. The van der Waals surface area contributed by atoms with Gasteiger partial charge in [0.05, 0.1) is 5.75 Å². The number of phenolic OH excluding ortho intramolecular Hbond substituents is 1. The van der Waals surface area contributed by atoms with Crippen molar-refractivity contribution in [1.82, 2.24) is 5.32 Å². The van der Waals surface area contributed by atoms with Gasteiger partial charge < -0.3 is 15.2 Å². The molecule has 7 heteroatoms. The Morgan fingerprint density at radius 1 is 1.17 bits per heavy atom. The molecule has 1 unspecified atom stereocenters. The molecule has 0 aliphatic carbocycles. The normalized spacial score (nSPS) is 19.2. The molecule has 1 aromatic carbocycles. The minimum Gasteiger partial charge on any atom is -0.507 e. The third kappa shape index (κ3) is 7.70. The van der Waals surface area contributed by atoms with E-state index in [9.17, 15) is 18.3 Å².